The van der Waals surface area contributed by atoms with Gasteiger partial charge in [0.15, 0.2) is 0 Å². The molecule has 0 bridgehead atoms. The summed E-state index contributed by atoms with van der Waals surface area (Å²) in [4.78, 5) is 11.9. The second kappa shape index (κ2) is 7.33. The van der Waals surface area contributed by atoms with Crippen molar-refractivity contribution in [1.29, 1.82) is 0 Å². The number of hydrogen-bond acceptors (Lipinski definition) is 2. The molecule has 1 aromatic rings. The molecule has 112 valence electrons. The van der Waals surface area contributed by atoms with Crippen LogP contribution in [0, 0.1) is 11.6 Å². The molecule has 0 atom stereocenters. The third kappa shape index (κ3) is 4.27. The zero-order valence-corrected chi connectivity index (χ0v) is 12.0. The fraction of sp³-hybridized carbons (Fsp3) is 0.533. The van der Waals surface area contributed by atoms with Crippen LogP contribution in [0.1, 0.15) is 38.7 Å². The smallest absolute Gasteiger partial charge is 0.220 e. The zero-order valence-electron chi connectivity index (χ0n) is 12.0. The number of aryl methyl sites for hydroxylation is 1. The van der Waals surface area contributed by atoms with Crippen LogP contribution < -0.4 is 11.1 Å². The predicted molar refractivity (Wildman–Crippen MR) is 75.2 cm³/mol. The summed E-state index contributed by atoms with van der Waals surface area (Å²) in [7, 11) is 0. The van der Waals surface area contributed by atoms with Crippen molar-refractivity contribution in [3.63, 3.8) is 0 Å². The van der Waals surface area contributed by atoms with Crippen molar-refractivity contribution in [1.82, 2.24) is 5.32 Å². The van der Waals surface area contributed by atoms with Crippen LogP contribution in [0.15, 0.2) is 18.2 Å². The van der Waals surface area contributed by atoms with Crippen molar-refractivity contribution >= 4 is 5.91 Å². The Morgan fingerprint density at radius 2 is 1.95 bits per heavy atom. The number of carbonyl (C=O) groups is 1. The highest BCUT2D eigenvalue weighted by atomic mass is 19.1. The number of halogens is 2. The minimum Gasteiger partial charge on any atom is -0.349 e. The van der Waals surface area contributed by atoms with Gasteiger partial charge in [-0.2, -0.15) is 0 Å². The molecule has 0 radical (unpaired) electrons. The van der Waals surface area contributed by atoms with Crippen LogP contribution in [-0.4, -0.2) is 18.0 Å². The molecule has 5 heteroatoms. The van der Waals surface area contributed by atoms with E-state index in [1.807, 2.05) is 13.8 Å². The lowest BCUT2D eigenvalue weighted by Gasteiger charge is -2.31. The van der Waals surface area contributed by atoms with Crippen LogP contribution >= 0.6 is 0 Å². The van der Waals surface area contributed by atoms with Crippen LogP contribution in [0.25, 0.3) is 0 Å². The minimum atomic E-state index is -0.500. The Hall–Kier alpha value is -1.49. The van der Waals surface area contributed by atoms with Crippen LogP contribution in [0.3, 0.4) is 0 Å². The fourth-order valence-corrected chi connectivity index (χ4v) is 2.11. The van der Waals surface area contributed by atoms with Crippen LogP contribution in [0.2, 0.25) is 0 Å². The molecule has 0 spiro atoms. The molecule has 3 N–H and O–H groups in total. The molecule has 1 amide bonds. The van der Waals surface area contributed by atoms with Gasteiger partial charge in [-0.25, -0.2) is 8.78 Å². The zero-order chi connectivity index (χ0) is 15.2. The lowest BCUT2D eigenvalue weighted by molar-refractivity contribution is -0.123. The lowest BCUT2D eigenvalue weighted by atomic mass is 9.92. The van der Waals surface area contributed by atoms with E-state index >= 15 is 0 Å². The van der Waals surface area contributed by atoms with Crippen molar-refractivity contribution < 1.29 is 13.6 Å². The first kappa shape index (κ1) is 16.6. The molecular weight excluding hydrogens is 262 g/mol. The van der Waals surface area contributed by atoms with E-state index in [0.29, 0.717) is 6.54 Å². The van der Waals surface area contributed by atoms with Gasteiger partial charge in [-0.3, -0.25) is 4.79 Å². The van der Waals surface area contributed by atoms with Gasteiger partial charge in [-0.15, -0.1) is 0 Å². The number of nitrogens with two attached hydrogens (primary N) is 1. The molecule has 0 saturated carbocycles. The minimum absolute atomic E-state index is 0.113. The summed E-state index contributed by atoms with van der Waals surface area (Å²) in [6.45, 7) is 4.28. The van der Waals surface area contributed by atoms with E-state index in [1.165, 1.54) is 0 Å². The van der Waals surface area contributed by atoms with Crippen molar-refractivity contribution in [2.45, 2.75) is 45.1 Å². The average molecular weight is 284 g/mol. The molecule has 0 heterocycles. The number of rotatable bonds is 7. The lowest BCUT2D eigenvalue weighted by Crippen LogP contribution is -2.52. The summed E-state index contributed by atoms with van der Waals surface area (Å²) in [6, 6.07) is 3.26. The van der Waals surface area contributed by atoms with Gasteiger partial charge in [0.05, 0.1) is 5.54 Å². The molecule has 0 fully saturated rings. The summed E-state index contributed by atoms with van der Waals surface area (Å²) < 4.78 is 26.5. The normalized spacial score (nSPS) is 11.4. The molecule has 0 aromatic heterocycles. The summed E-state index contributed by atoms with van der Waals surface area (Å²) in [5.41, 5.74) is 5.51. The maximum Gasteiger partial charge on any atom is 0.220 e. The number of nitrogens with one attached hydrogen (secondary N) is 1. The number of benzene rings is 1. The van der Waals surface area contributed by atoms with E-state index in [4.69, 9.17) is 5.73 Å². The highest BCUT2D eigenvalue weighted by Crippen LogP contribution is 2.15. The first-order chi connectivity index (χ1) is 9.46. The number of amides is 1. The predicted octanol–water partition coefficient (Wildman–Crippen LogP) is 2.53. The first-order valence-corrected chi connectivity index (χ1v) is 6.91. The Bertz CT molecular complexity index is 451. The van der Waals surface area contributed by atoms with E-state index in [1.54, 1.807) is 0 Å². The third-order valence-electron chi connectivity index (χ3n) is 3.78. The average Bonchev–Trinajstić information content (AvgIpc) is 2.46. The molecule has 1 aromatic carbocycles. The highest BCUT2D eigenvalue weighted by molar-refractivity contribution is 5.77. The Labute approximate surface area is 118 Å². The number of hydrogen-bond donors (Lipinski definition) is 2. The standard InChI is InChI=1S/C15H22F2N2O/c1-3-15(4-2,10-18)19-14(20)8-5-11-9-12(16)6-7-13(11)17/h6-7,9H,3-5,8,10,18H2,1-2H3,(H,19,20). The molecule has 0 saturated heterocycles. The Morgan fingerprint density at radius 3 is 2.50 bits per heavy atom. The Morgan fingerprint density at radius 1 is 1.30 bits per heavy atom. The van der Waals surface area contributed by atoms with E-state index in [2.05, 4.69) is 5.32 Å². The summed E-state index contributed by atoms with van der Waals surface area (Å²) in [5.74, 6) is -1.18. The second-order valence-corrected chi connectivity index (χ2v) is 4.98. The molecule has 3 nitrogen and oxygen atoms in total. The van der Waals surface area contributed by atoms with Crippen molar-refractivity contribution in [2.24, 2.45) is 5.73 Å². The topological polar surface area (TPSA) is 55.1 Å². The van der Waals surface area contributed by atoms with E-state index < -0.39 is 17.2 Å². The van der Waals surface area contributed by atoms with Crippen molar-refractivity contribution in [3.8, 4) is 0 Å². The molecule has 20 heavy (non-hydrogen) atoms. The Balaban J connectivity index is 2.61. The number of carbonyl (C=O) groups excluding carboxylic acids is 1. The molecule has 0 unspecified atom stereocenters. The van der Waals surface area contributed by atoms with Gasteiger partial charge in [0.25, 0.3) is 0 Å². The van der Waals surface area contributed by atoms with Crippen LogP contribution in [0.4, 0.5) is 8.78 Å². The van der Waals surface area contributed by atoms with E-state index in [0.717, 1.165) is 31.0 Å². The maximum atomic E-state index is 13.4. The molecule has 0 aliphatic heterocycles. The summed E-state index contributed by atoms with van der Waals surface area (Å²) in [6.07, 6.45) is 1.76. The van der Waals surface area contributed by atoms with E-state index in [9.17, 15) is 13.6 Å². The van der Waals surface area contributed by atoms with Gasteiger partial charge < -0.3 is 11.1 Å². The van der Waals surface area contributed by atoms with Gasteiger partial charge >= 0.3 is 0 Å². The Kier molecular flexibility index (Phi) is 6.07. The summed E-state index contributed by atoms with van der Waals surface area (Å²) in [5, 5.41) is 2.90. The first-order valence-electron chi connectivity index (χ1n) is 6.91. The quantitative estimate of drug-likeness (QED) is 0.808. The largest absolute Gasteiger partial charge is 0.349 e. The summed E-state index contributed by atoms with van der Waals surface area (Å²) >= 11 is 0. The highest BCUT2D eigenvalue weighted by Gasteiger charge is 2.26. The molecular formula is C15H22F2N2O. The van der Waals surface area contributed by atoms with Crippen molar-refractivity contribution in [2.75, 3.05) is 6.54 Å². The fourth-order valence-electron chi connectivity index (χ4n) is 2.11. The van der Waals surface area contributed by atoms with Gasteiger partial charge in [0.1, 0.15) is 11.6 Å². The molecule has 1 rings (SSSR count). The van der Waals surface area contributed by atoms with E-state index in [-0.39, 0.29) is 24.3 Å². The van der Waals surface area contributed by atoms with Gasteiger partial charge in [-0.05, 0) is 43.0 Å². The molecule has 0 aliphatic rings. The monoisotopic (exact) mass is 284 g/mol. The van der Waals surface area contributed by atoms with Crippen LogP contribution in [-0.2, 0) is 11.2 Å². The maximum absolute atomic E-state index is 13.4. The van der Waals surface area contributed by atoms with Crippen molar-refractivity contribution in [3.05, 3.63) is 35.4 Å². The van der Waals surface area contributed by atoms with Gasteiger partial charge in [0, 0.05) is 13.0 Å². The van der Waals surface area contributed by atoms with Gasteiger partial charge in [-0.1, -0.05) is 13.8 Å². The second-order valence-electron chi connectivity index (χ2n) is 4.98. The van der Waals surface area contributed by atoms with Crippen LogP contribution in [0.5, 0.6) is 0 Å². The molecule has 0 aliphatic carbocycles. The SMILES string of the molecule is CCC(CC)(CN)NC(=O)CCc1cc(F)ccc1F. The third-order valence-corrected chi connectivity index (χ3v) is 3.78. The van der Waals surface area contributed by atoms with Gasteiger partial charge in [0.2, 0.25) is 5.91 Å².